The lowest BCUT2D eigenvalue weighted by Gasteiger charge is -2.00. The van der Waals surface area contributed by atoms with E-state index in [1.807, 2.05) is 18.5 Å². The van der Waals surface area contributed by atoms with E-state index < -0.39 is 0 Å². The minimum atomic E-state index is 0.903. The molecule has 0 fully saturated rings. The Bertz CT molecular complexity index is 401. The molecular weight excluding hydrogens is 272 g/mol. The molecule has 0 amide bonds. The molecule has 0 aliphatic heterocycles. The lowest BCUT2D eigenvalue weighted by atomic mass is 10.1. The number of aryl methyl sites for hydroxylation is 1. The number of unbranched alkanes of at least 4 members (excludes halogenated alkanes) is 8. The molecule has 1 aromatic heterocycles. The maximum Gasteiger partial charge on any atom is 0.0435 e. The predicted molar refractivity (Wildman–Crippen MR) is 93.5 cm³/mol. The molecule has 1 aromatic rings. The highest BCUT2D eigenvalue weighted by atomic mass is 16.4. The monoisotopic (exact) mass is 302 g/mol. The Morgan fingerprint density at radius 3 is 2.27 bits per heavy atom. The van der Waals surface area contributed by atoms with Crippen molar-refractivity contribution in [1.29, 1.82) is 0 Å². The summed E-state index contributed by atoms with van der Waals surface area (Å²) >= 11 is 0. The van der Waals surface area contributed by atoms with E-state index in [-0.39, 0.29) is 0 Å². The molecule has 1 rings (SSSR count). The molecular formula is C19H30N2O. The van der Waals surface area contributed by atoms with Crippen LogP contribution in [-0.4, -0.2) is 16.4 Å². The first-order valence-electron chi connectivity index (χ1n) is 8.63. The molecule has 0 radical (unpaired) electrons. The molecule has 0 bridgehead atoms. The molecule has 3 nitrogen and oxygen atoms in total. The zero-order chi connectivity index (χ0) is 15.7. The van der Waals surface area contributed by atoms with Crippen LogP contribution in [0.4, 0.5) is 0 Å². The van der Waals surface area contributed by atoms with Gasteiger partial charge in [-0.3, -0.25) is 4.98 Å². The molecule has 22 heavy (non-hydrogen) atoms. The molecule has 0 aromatic carbocycles. The zero-order valence-corrected chi connectivity index (χ0v) is 13.7. The lowest BCUT2D eigenvalue weighted by molar-refractivity contribution is 0.320. The second-order valence-electron chi connectivity index (χ2n) is 5.72. The van der Waals surface area contributed by atoms with Crippen molar-refractivity contribution in [1.82, 2.24) is 4.98 Å². The molecule has 0 atom stereocenters. The smallest absolute Gasteiger partial charge is 0.0435 e. The van der Waals surface area contributed by atoms with Crippen LogP contribution in [0.3, 0.4) is 0 Å². The van der Waals surface area contributed by atoms with Gasteiger partial charge in [-0.05, 0) is 50.2 Å². The Morgan fingerprint density at radius 1 is 0.909 bits per heavy atom. The van der Waals surface area contributed by atoms with Crippen molar-refractivity contribution >= 4 is 6.21 Å². The second-order valence-corrected chi connectivity index (χ2v) is 5.72. The van der Waals surface area contributed by atoms with E-state index in [0.29, 0.717) is 0 Å². The van der Waals surface area contributed by atoms with Crippen LogP contribution < -0.4 is 0 Å². The third-order valence-electron chi connectivity index (χ3n) is 3.77. The van der Waals surface area contributed by atoms with Gasteiger partial charge in [0.2, 0.25) is 0 Å². The van der Waals surface area contributed by atoms with Crippen LogP contribution in [0.25, 0.3) is 0 Å². The van der Waals surface area contributed by atoms with E-state index >= 15 is 0 Å². The van der Waals surface area contributed by atoms with Crippen LogP contribution in [0.5, 0.6) is 0 Å². The van der Waals surface area contributed by atoms with Crippen molar-refractivity contribution in [3.8, 4) is 0 Å². The number of oxime groups is 1. The summed E-state index contributed by atoms with van der Waals surface area (Å²) in [6.07, 6.45) is 23.3. The van der Waals surface area contributed by atoms with Crippen molar-refractivity contribution in [2.75, 3.05) is 0 Å². The maximum atomic E-state index is 8.26. The van der Waals surface area contributed by atoms with Crippen molar-refractivity contribution in [3.05, 3.63) is 42.2 Å². The Kier molecular flexibility index (Phi) is 12.0. The number of allylic oxidation sites excluding steroid dienone is 2. The first-order valence-corrected chi connectivity index (χ1v) is 8.63. The normalized spacial score (nSPS) is 11.6. The van der Waals surface area contributed by atoms with Crippen molar-refractivity contribution in [2.24, 2.45) is 5.16 Å². The van der Waals surface area contributed by atoms with Gasteiger partial charge in [0, 0.05) is 18.6 Å². The highest BCUT2D eigenvalue weighted by Crippen LogP contribution is 2.10. The Hall–Kier alpha value is -1.64. The molecule has 1 heterocycles. The number of aromatic nitrogens is 1. The van der Waals surface area contributed by atoms with Gasteiger partial charge >= 0.3 is 0 Å². The molecule has 3 heteroatoms. The van der Waals surface area contributed by atoms with Gasteiger partial charge in [0.05, 0.1) is 0 Å². The fraction of sp³-hybridized carbons (Fsp3) is 0.579. The summed E-state index contributed by atoms with van der Waals surface area (Å²) in [7, 11) is 0. The van der Waals surface area contributed by atoms with Crippen molar-refractivity contribution in [3.63, 3.8) is 0 Å². The first-order chi connectivity index (χ1) is 10.9. The number of pyridine rings is 1. The van der Waals surface area contributed by atoms with Gasteiger partial charge in [-0.2, -0.15) is 0 Å². The summed E-state index contributed by atoms with van der Waals surface area (Å²) in [5, 5.41) is 11.3. The topological polar surface area (TPSA) is 45.5 Å². The predicted octanol–water partition coefficient (Wildman–Crippen LogP) is 5.54. The third-order valence-corrected chi connectivity index (χ3v) is 3.77. The van der Waals surface area contributed by atoms with Crippen LogP contribution in [-0.2, 0) is 6.42 Å². The third kappa shape index (κ3) is 11.1. The van der Waals surface area contributed by atoms with E-state index in [9.17, 15) is 0 Å². The second kappa shape index (κ2) is 14.3. The fourth-order valence-corrected chi connectivity index (χ4v) is 2.47. The average Bonchev–Trinajstić information content (AvgIpc) is 2.56. The summed E-state index contributed by atoms with van der Waals surface area (Å²) in [6, 6.07) is 4.14. The number of hydrogen-bond acceptors (Lipinski definition) is 3. The Labute approximate surface area is 135 Å². The molecule has 0 saturated carbocycles. The summed E-state index contributed by atoms with van der Waals surface area (Å²) in [6.45, 7) is 0. The van der Waals surface area contributed by atoms with Gasteiger partial charge < -0.3 is 5.21 Å². The highest BCUT2D eigenvalue weighted by Gasteiger charge is 1.92. The molecule has 0 unspecified atom stereocenters. The van der Waals surface area contributed by atoms with Crippen molar-refractivity contribution < 1.29 is 5.21 Å². The van der Waals surface area contributed by atoms with Crippen LogP contribution in [0.1, 0.15) is 69.8 Å². The van der Waals surface area contributed by atoms with Crippen LogP contribution in [0, 0.1) is 0 Å². The first kappa shape index (κ1) is 18.4. The summed E-state index contributed by atoms with van der Waals surface area (Å²) < 4.78 is 0. The highest BCUT2D eigenvalue weighted by molar-refractivity contribution is 5.55. The van der Waals surface area contributed by atoms with E-state index in [1.165, 1.54) is 50.5 Å². The molecule has 0 saturated heterocycles. The molecule has 1 N–H and O–H groups in total. The number of rotatable bonds is 13. The van der Waals surface area contributed by atoms with Crippen LogP contribution in [0.15, 0.2) is 41.8 Å². The molecule has 0 spiro atoms. The average molecular weight is 302 g/mol. The van der Waals surface area contributed by atoms with Gasteiger partial charge in [-0.15, -0.1) is 5.16 Å². The zero-order valence-electron chi connectivity index (χ0n) is 13.7. The Balaban J connectivity index is 1.82. The van der Waals surface area contributed by atoms with Gasteiger partial charge in [-0.25, -0.2) is 0 Å². The lowest BCUT2D eigenvalue weighted by Crippen LogP contribution is -1.84. The summed E-state index contributed by atoms with van der Waals surface area (Å²) in [5.41, 5.74) is 1.32. The number of nitrogens with zero attached hydrogens (tertiary/aromatic N) is 2. The maximum absolute atomic E-state index is 8.26. The summed E-state index contributed by atoms with van der Waals surface area (Å²) in [4.78, 5) is 4.13. The van der Waals surface area contributed by atoms with Crippen LogP contribution in [0.2, 0.25) is 0 Å². The number of hydrogen-bond donors (Lipinski definition) is 1. The largest absolute Gasteiger partial charge is 0.411 e. The van der Waals surface area contributed by atoms with Crippen molar-refractivity contribution in [2.45, 2.75) is 70.6 Å². The standard InChI is InChI=1S/C19H30N2O/c22-21-17-12-10-8-6-4-2-1-3-5-7-9-11-14-19-15-13-16-20-18-19/h7,9,13,15-18,22H,1-6,8,10-12,14H2/b9-7-,21-17+. The SMILES string of the molecule is O/N=C/CCCCCCCCC/C=C\CCc1cccnc1. The van der Waals surface area contributed by atoms with Gasteiger partial charge in [-0.1, -0.05) is 50.3 Å². The Morgan fingerprint density at radius 2 is 1.59 bits per heavy atom. The van der Waals surface area contributed by atoms with Gasteiger partial charge in [0.1, 0.15) is 0 Å². The molecule has 0 aliphatic rings. The molecule has 122 valence electrons. The minimum absolute atomic E-state index is 0.903. The quantitative estimate of drug-likeness (QED) is 0.171. The summed E-state index contributed by atoms with van der Waals surface area (Å²) in [5.74, 6) is 0. The van der Waals surface area contributed by atoms with Gasteiger partial charge in [0.15, 0.2) is 0 Å². The van der Waals surface area contributed by atoms with E-state index in [4.69, 9.17) is 5.21 Å². The van der Waals surface area contributed by atoms with E-state index in [1.54, 1.807) is 6.21 Å². The van der Waals surface area contributed by atoms with E-state index in [2.05, 4.69) is 28.4 Å². The van der Waals surface area contributed by atoms with Gasteiger partial charge in [0.25, 0.3) is 0 Å². The van der Waals surface area contributed by atoms with Crippen LogP contribution >= 0.6 is 0 Å². The fourth-order valence-electron chi connectivity index (χ4n) is 2.47. The van der Waals surface area contributed by atoms with E-state index in [0.717, 1.165) is 25.7 Å². The molecule has 0 aliphatic carbocycles. The minimum Gasteiger partial charge on any atom is -0.411 e.